The third-order valence-corrected chi connectivity index (χ3v) is 13.1. The highest BCUT2D eigenvalue weighted by molar-refractivity contribution is 5.73. The Kier molecular flexibility index (Phi) is 15.0. The summed E-state index contributed by atoms with van der Waals surface area (Å²) in [5.41, 5.74) is 3.07. The summed E-state index contributed by atoms with van der Waals surface area (Å²) in [6, 6.07) is 24.6. The number of phenols is 1. The molecule has 7 nitrogen and oxygen atoms in total. The van der Waals surface area contributed by atoms with Gasteiger partial charge in [-0.1, -0.05) is 71.0 Å². The lowest BCUT2D eigenvalue weighted by Gasteiger charge is -2.43. The van der Waals surface area contributed by atoms with Crippen LogP contribution in [-0.2, 0) is 19.0 Å². The SMILES string of the molecule is CCC(CC(CC(CC(CC)c1ccc(OC(C)OC(C)(C)C)cc1)c1ccc(O)cc1)c1ccc(OC(C)OC2C3(C)CCC(C3)C2(C)C)cc1)C(=O)OC(C)(C)C. The summed E-state index contributed by atoms with van der Waals surface area (Å²) >= 11 is 0. The zero-order chi connectivity index (χ0) is 43.3. The van der Waals surface area contributed by atoms with Crippen LogP contribution in [0.2, 0.25) is 0 Å². The van der Waals surface area contributed by atoms with Crippen molar-refractivity contribution >= 4 is 5.97 Å². The Bertz CT molecular complexity index is 1760. The van der Waals surface area contributed by atoms with Gasteiger partial charge in [0.05, 0.1) is 17.6 Å². The fraction of sp³-hybridized carbons (Fsp3) is 0.635. The molecule has 9 atom stereocenters. The number of esters is 1. The van der Waals surface area contributed by atoms with Crippen LogP contribution in [0.5, 0.6) is 17.2 Å². The van der Waals surface area contributed by atoms with E-state index in [0.29, 0.717) is 18.8 Å². The first-order valence-corrected chi connectivity index (χ1v) is 22.5. The van der Waals surface area contributed by atoms with Crippen molar-refractivity contribution in [1.29, 1.82) is 0 Å². The van der Waals surface area contributed by atoms with E-state index < -0.39 is 5.60 Å². The van der Waals surface area contributed by atoms with Gasteiger partial charge in [-0.2, -0.15) is 0 Å². The molecule has 3 aromatic carbocycles. The molecule has 0 spiro atoms. The Hall–Kier alpha value is -3.55. The molecule has 5 rings (SSSR count). The summed E-state index contributed by atoms with van der Waals surface area (Å²) in [5.74, 6) is 2.58. The summed E-state index contributed by atoms with van der Waals surface area (Å²) in [4.78, 5) is 13.7. The molecule has 2 bridgehead atoms. The molecule has 0 amide bonds. The fourth-order valence-electron chi connectivity index (χ4n) is 10.2. The van der Waals surface area contributed by atoms with Crippen LogP contribution < -0.4 is 9.47 Å². The average molecular weight is 813 g/mol. The number of aromatic hydroxyl groups is 1. The third kappa shape index (κ3) is 12.5. The van der Waals surface area contributed by atoms with Gasteiger partial charge < -0.3 is 28.8 Å². The molecule has 326 valence electrons. The molecule has 2 aliphatic rings. The first kappa shape index (κ1) is 46.5. The Labute approximate surface area is 356 Å². The smallest absolute Gasteiger partial charge is 0.309 e. The maximum atomic E-state index is 13.7. The van der Waals surface area contributed by atoms with Gasteiger partial charge in [0.25, 0.3) is 0 Å². The summed E-state index contributed by atoms with van der Waals surface area (Å²) in [6.45, 7) is 27.3. The van der Waals surface area contributed by atoms with Gasteiger partial charge in [0, 0.05) is 0 Å². The minimum absolute atomic E-state index is 0.0568. The van der Waals surface area contributed by atoms with E-state index in [0.717, 1.165) is 30.8 Å². The summed E-state index contributed by atoms with van der Waals surface area (Å²) in [7, 11) is 0. The summed E-state index contributed by atoms with van der Waals surface area (Å²) in [5, 5.41) is 10.3. The second-order valence-electron chi connectivity index (χ2n) is 20.6. The number of ether oxygens (including phenoxy) is 5. The molecule has 1 N–H and O–H groups in total. The molecule has 0 heterocycles. The van der Waals surface area contributed by atoms with E-state index in [1.54, 1.807) is 12.1 Å². The first-order valence-electron chi connectivity index (χ1n) is 22.5. The highest BCUT2D eigenvalue weighted by atomic mass is 16.7. The van der Waals surface area contributed by atoms with Crippen molar-refractivity contribution in [3.8, 4) is 17.2 Å². The van der Waals surface area contributed by atoms with Crippen LogP contribution in [0.4, 0.5) is 0 Å². The number of benzene rings is 3. The van der Waals surface area contributed by atoms with Crippen molar-refractivity contribution in [3.63, 3.8) is 0 Å². The van der Waals surface area contributed by atoms with Crippen molar-refractivity contribution in [1.82, 2.24) is 0 Å². The maximum Gasteiger partial charge on any atom is 0.309 e. The standard InChI is InChI=1S/C52H76O7/c1-14-36(38-18-24-46(25-19-38)56-35(4)58-49(5,6)7)30-41(39-16-22-44(53)23-17-39)32-42(31-37(15-2)47(54)59-50(8,9)10)40-20-26-45(27-21-40)55-34(3)57-48-51(11,12)43-28-29-52(48,13)33-43/h16-27,34-37,41-43,48,53H,14-15,28-33H2,1-13H3. The highest BCUT2D eigenvalue weighted by Crippen LogP contribution is 2.63. The van der Waals surface area contributed by atoms with Gasteiger partial charge in [-0.25, -0.2) is 0 Å². The predicted octanol–water partition coefficient (Wildman–Crippen LogP) is 13.5. The number of fused-ring (bicyclic) bond motifs is 2. The summed E-state index contributed by atoms with van der Waals surface area (Å²) < 4.78 is 31.2. The predicted molar refractivity (Wildman–Crippen MR) is 238 cm³/mol. The molecule has 2 aliphatic carbocycles. The number of hydrogen-bond donors (Lipinski definition) is 1. The van der Waals surface area contributed by atoms with E-state index in [1.807, 2.05) is 67.5 Å². The second kappa shape index (κ2) is 19.0. The highest BCUT2D eigenvalue weighted by Gasteiger charge is 2.60. The van der Waals surface area contributed by atoms with E-state index in [-0.39, 0.29) is 70.5 Å². The molecule has 0 aromatic heterocycles. The largest absolute Gasteiger partial charge is 0.508 e. The van der Waals surface area contributed by atoms with Crippen LogP contribution in [0, 0.1) is 22.7 Å². The van der Waals surface area contributed by atoms with Gasteiger partial charge in [-0.3, -0.25) is 4.79 Å². The fourth-order valence-corrected chi connectivity index (χ4v) is 10.2. The Morgan fingerprint density at radius 1 is 0.695 bits per heavy atom. The van der Waals surface area contributed by atoms with E-state index in [1.165, 1.54) is 36.0 Å². The number of carbonyl (C=O) groups is 1. The van der Waals surface area contributed by atoms with Crippen molar-refractivity contribution < 1.29 is 33.6 Å². The zero-order valence-electron chi connectivity index (χ0n) is 38.6. The zero-order valence-corrected chi connectivity index (χ0v) is 38.6. The minimum Gasteiger partial charge on any atom is -0.508 e. The van der Waals surface area contributed by atoms with Gasteiger partial charge in [0.15, 0.2) is 12.6 Å². The average Bonchev–Trinajstić information content (AvgIpc) is 3.63. The lowest BCUT2D eigenvalue weighted by molar-refractivity contribution is -0.177. The molecule has 2 saturated carbocycles. The normalized spacial score (nSPS) is 23.2. The van der Waals surface area contributed by atoms with E-state index >= 15 is 0 Å². The molecular weight excluding hydrogens is 737 g/mol. The van der Waals surface area contributed by atoms with Crippen molar-refractivity contribution in [2.45, 2.75) is 189 Å². The van der Waals surface area contributed by atoms with Crippen LogP contribution in [0.15, 0.2) is 72.8 Å². The molecular formula is C52H76O7. The molecule has 9 unspecified atom stereocenters. The van der Waals surface area contributed by atoms with Crippen LogP contribution in [-0.4, -0.2) is 41.0 Å². The minimum atomic E-state index is -0.566. The third-order valence-electron chi connectivity index (χ3n) is 13.1. The number of rotatable bonds is 19. The Morgan fingerprint density at radius 2 is 1.19 bits per heavy atom. The molecule has 2 fully saturated rings. The Balaban J connectivity index is 1.39. The van der Waals surface area contributed by atoms with E-state index in [2.05, 4.69) is 83.1 Å². The van der Waals surface area contributed by atoms with Gasteiger partial charge in [-0.15, -0.1) is 0 Å². The van der Waals surface area contributed by atoms with Crippen molar-refractivity contribution in [2.75, 3.05) is 0 Å². The maximum absolute atomic E-state index is 13.7. The monoisotopic (exact) mass is 813 g/mol. The van der Waals surface area contributed by atoms with Crippen LogP contribution in [0.25, 0.3) is 0 Å². The topological polar surface area (TPSA) is 83.5 Å². The Morgan fingerprint density at radius 3 is 1.66 bits per heavy atom. The van der Waals surface area contributed by atoms with Crippen molar-refractivity contribution in [2.24, 2.45) is 22.7 Å². The van der Waals surface area contributed by atoms with Gasteiger partial charge >= 0.3 is 5.97 Å². The molecule has 59 heavy (non-hydrogen) atoms. The van der Waals surface area contributed by atoms with E-state index in [9.17, 15) is 9.90 Å². The molecule has 7 heteroatoms. The molecule has 0 saturated heterocycles. The number of phenolic OH excluding ortho intramolecular Hbond substituents is 1. The lowest BCUT2D eigenvalue weighted by atomic mass is 9.70. The number of hydrogen-bond acceptors (Lipinski definition) is 7. The molecule has 0 aliphatic heterocycles. The number of carbonyl (C=O) groups excluding carboxylic acids is 1. The van der Waals surface area contributed by atoms with Crippen LogP contribution in [0.3, 0.4) is 0 Å². The van der Waals surface area contributed by atoms with Gasteiger partial charge in [-0.05, 0) is 194 Å². The molecule has 3 aromatic rings. The van der Waals surface area contributed by atoms with Crippen molar-refractivity contribution in [3.05, 3.63) is 89.5 Å². The quantitative estimate of drug-likeness (QED) is 0.0953. The van der Waals surface area contributed by atoms with E-state index in [4.69, 9.17) is 23.7 Å². The second-order valence-corrected chi connectivity index (χ2v) is 20.6. The first-order chi connectivity index (χ1) is 27.6. The van der Waals surface area contributed by atoms with Gasteiger partial charge in [0.2, 0.25) is 0 Å². The summed E-state index contributed by atoms with van der Waals surface area (Å²) in [6.07, 6.45) is 7.19. The van der Waals surface area contributed by atoms with Crippen LogP contribution >= 0.6 is 0 Å². The lowest BCUT2D eigenvalue weighted by Crippen LogP contribution is -2.44. The molecule has 0 radical (unpaired) electrons. The van der Waals surface area contributed by atoms with Gasteiger partial charge in [0.1, 0.15) is 22.8 Å². The van der Waals surface area contributed by atoms with Crippen LogP contribution in [0.1, 0.15) is 176 Å².